The van der Waals surface area contributed by atoms with Crippen molar-refractivity contribution in [1.82, 2.24) is 20.6 Å². The molecule has 0 aliphatic heterocycles. The molecule has 0 bridgehead atoms. The van der Waals surface area contributed by atoms with Crippen molar-refractivity contribution in [2.24, 2.45) is 0 Å². The minimum absolute atomic E-state index is 0.0582. The van der Waals surface area contributed by atoms with E-state index in [4.69, 9.17) is 21.1 Å². The third-order valence-electron chi connectivity index (χ3n) is 8.47. The zero-order valence-electron chi connectivity index (χ0n) is 32.2. The molecule has 6 N–H and O–H groups in total. The Bertz CT molecular complexity index is 2650. The number of benzene rings is 4. The number of aromatic nitrogens is 2. The molecule has 6 aromatic rings. The first-order chi connectivity index (χ1) is 29.9. The number of ether oxygens (including phenoxy) is 2. The summed E-state index contributed by atoms with van der Waals surface area (Å²) in [6, 6.07) is 21.7. The number of urea groups is 2. The smallest absolute Gasteiger partial charge is 0.418 e. The van der Waals surface area contributed by atoms with Crippen LogP contribution in [0.15, 0.2) is 122 Å². The second kappa shape index (κ2) is 19.2. The molecule has 2 aromatic heterocycles. The number of hydrogen-bond donors (Lipinski definition) is 6. The average Bonchev–Trinajstić information content (AvgIpc) is 3.24. The maximum absolute atomic E-state index is 14.1. The van der Waals surface area contributed by atoms with Crippen LogP contribution in [0, 0.1) is 0 Å². The number of amides is 6. The Kier molecular flexibility index (Phi) is 13.6. The Balaban J connectivity index is 1.01. The van der Waals surface area contributed by atoms with Crippen LogP contribution in [-0.2, 0) is 18.9 Å². The van der Waals surface area contributed by atoms with Gasteiger partial charge in [0.1, 0.15) is 34.4 Å². The first kappa shape index (κ1) is 44.7. The van der Waals surface area contributed by atoms with Crippen LogP contribution in [0.1, 0.15) is 37.7 Å². The highest BCUT2D eigenvalue weighted by Crippen LogP contribution is 2.37. The molecule has 0 aliphatic carbocycles. The van der Waals surface area contributed by atoms with E-state index in [9.17, 15) is 45.5 Å². The van der Waals surface area contributed by atoms with Gasteiger partial charge in [0.25, 0.3) is 11.8 Å². The number of hydrogen-bond acceptors (Lipinski definition) is 8. The Morgan fingerprint density at radius 2 is 1.05 bits per heavy atom. The van der Waals surface area contributed by atoms with E-state index in [1.165, 1.54) is 104 Å². The first-order valence-electron chi connectivity index (χ1n) is 18.1. The Morgan fingerprint density at radius 3 is 1.57 bits per heavy atom. The van der Waals surface area contributed by atoms with E-state index in [2.05, 4.69) is 41.9 Å². The molecular weight excluding hydrogens is 862 g/mol. The summed E-state index contributed by atoms with van der Waals surface area (Å²) in [6.07, 6.45) is -6.94. The molecular formula is C42H31ClF6N8O6. The van der Waals surface area contributed by atoms with Gasteiger partial charge in [-0.2, -0.15) is 26.3 Å². The first-order valence-corrected chi connectivity index (χ1v) is 18.5. The summed E-state index contributed by atoms with van der Waals surface area (Å²) in [4.78, 5) is 57.9. The lowest BCUT2D eigenvalue weighted by molar-refractivity contribution is -0.138. The number of pyridine rings is 2. The van der Waals surface area contributed by atoms with Gasteiger partial charge in [-0.05, 0) is 96.6 Å². The number of carbonyl (C=O) groups is 4. The van der Waals surface area contributed by atoms with E-state index in [0.717, 1.165) is 18.2 Å². The topological polar surface area (TPSA) is 185 Å². The van der Waals surface area contributed by atoms with Crippen LogP contribution in [0.2, 0.25) is 5.02 Å². The van der Waals surface area contributed by atoms with Gasteiger partial charge in [-0.1, -0.05) is 17.7 Å². The summed E-state index contributed by atoms with van der Waals surface area (Å²) in [6.45, 7) is -0.342. The fourth-order valence-corrected chi connectivity index (χ4v) is 5.75. The highest BCUT2D eigenvalue weighted by Gasteiger charge is 2.35. The number of nitrogens with zero attached hydrogens (tertiary/aromatic N) is 2. The van der Waals surface area contributed by atoms with Crippen LogP contribution >= 0.6 is 11.6 Å². The molecule has 0 unspecified atom stereocenters. The summed E-state index contributed by atoms with van der Waals surface area (Å²) in [5.41, 5.74) is -2.40. The van der Waals surface area contributed by atoms with Gasteiger partial charge in [-0.15, -0.1) is 0 Å². The van der Waals surface area contributed by atoms with Gasteiger partial charge in [0.15, 0.2) is 0 Å². The Labute approximate surface area is 358 Å². The van der Waals surface area contributed by atoms with E-state index in [1.807, 2.05) is 0 Å². The number of alkyl halides is 6. The van der Waals surface area contributed by atoms with Gasteiger partial charge in [-0.3, -0.25) is 19.6 Å². The second-order valence-corrected chi connectivity index (χ2v) is 13.4. The van der Waals surface area contributed by atoms with Gasteiger partial charge >= 0.3 is 24.4 Å². The largest absolute Gasteiger partial charge is 0.457 e. The zero-order chi connectivity index (χ0) is 45.3. The van der Waals surface area contributed by atoms with Crippen molar-refractivity contribution in [2.75, 3.05) is 28.3 Å². The van der Waals surface area contributed by atoms with E-state index in [0.29, 0.717) is 17.6 Å². The van der Waals surface area contributed by atoms with Crippen LogP contribution in [0.3, 0.4) is 0 Å². The summed E-state index contributed by atoms with van der Waals surface area (Å²) >= 11 is 5.62. The lowest BCUT2D eigenvalue weighted by atomic mass is 10.1. The van der Waals surface area contributed by atoms with Gasteiger partial charge in [-0.25, -0.2) is 9.59 Å². The van der Waals surface area contributed by atoms with Gasteiger partial charge in [0, 0.05) is 55.2 Å². The molecule has 6 rings (SSSR count). The summed E-state index contributed by atoms with van der Waals surface area (Å²) in [5.74, 6) is -0.0642. The zero-order valence-corrected chi connectivity index (χ0v) is 33.0. The highest BCUT2D eigenvalue weighted by molar-refractivity contribution is 6.31. The third kappa shape index (κ3) is 12.4. The normalized spacial score (nSPS) is 11.2. The molecule has 6 amide bonds. The number of anilines is 4. The summed E-state index contributed by atoms with van der Waals surface area (Å²) in [5, 5.41) is 13.8. The van der Waals surface area contributed by atoms with Crippen molar-refractivity contribution in [3.63, 3.8) is 0 Å². The Morgan fingerprint density at radius 1 is 0.556 bits per heavy atom. The molecule has 0 radical (unpaired) electrons. The van der Waals surface area contributed by atoms with Crippen LogP contribution in [0.5, 0.6) is 23.0 Å². The predicted molar refractivity (Wildman–Crippen MR) is 219 cm³/mol. The van der Waals surface area contributed by atoms with Crippen molar-refractivity contribution in [2.45, 2.75) is 18.9 Å². The quantitative estimate of drug-likeness (QED) is 0.0656. The summed E-state index contributed by atoms with van der Waals surface area (Å²) in [7, 11) is 1.46. The molecule has 63 heavy (non-hydrogen) atoms. The molecule has 0 saturated carbocycles. The molecule has 0 aliphatic rings. The van der Waals surface area contributed by atoms with Crippen molar-refractivity contribution >= 4 is 58.2 Å². The van der Waals surface area contributed by atoms with E-state index in [-0.39, 0.29) is 52.1 Å². The maximum atomic E-state index is 14.1. The van der Waals surface area contributed by atoms with Crippen LogP contribution in [0.4, 0.5) is 58.7 Å². The molecule has 0 fully saturated rings. The average molecular weight is 893 g/mol. The van der Waals surface area contributed by atoms with Gasteiger partial charge in [0.05, 0.1) is 21.8 Å². The highest BCUT2D eigenvalue weighted by atomic mass is 35.5. The van der Waals surface area contributed by atoms with Gasteiger partial charge < -0.3 is 41.4 Å². The molecule has 0 atom stereocenters. The fourth-order valence-electron chi connectivity index (χ4n) is 5.53. The number of nitrogens with one attached hydrogen (secondary N) is 6. The van der Waals surface area contributed by atoms with Crippen LogP contribution in [-0.4, -0.2) is 40.9 Å². The van der Waals surface area contributed by atoms with Crippen LogP contribution in [0.25, 0.3) is 0 Å². The van der Waals surface area contributed by atoms with E-state index >= 15 is 0 Å². The van der Waals surface area contributed by atoms with Gasteiger partial charge in [0.2, 0.25) is 0 Å². The third-order valence-corrected chi connectivity index (χ3v) is 8.80. The molecule has 4 aromatic carbocycles. The standard InChI is InChI=1S/C42H31ClF6N8O6/c1-50-37(58)35-20-29(14-16-51-35)62-27-10-5-25(6-11-27)55-40(61)57-34-13-2-23(18-32(34)42(47,48)49)22-53-38(59)36-21-30(15-17-52-36)63-28-8-3-24(4-9-28)54-39(60)56-26-7-12-33(43)31(19-26)41(44,45)46/h2-21H,22H2,1H3,(H,50,58)(H,53,59)(H2,54,56,60)(H2,55,57,61). The number of carbonyl (C=O) groups excluding carboxylic acids is 4. The van der Waals surface area contributed by atoms with E-state index < -0.39 is 58.1 Å². The molecule has 2 heterocycles. The molecule has 324 valence electrons. The predicted octanol–water partition coefficient (Wildman–Crippen LogP) is 10.3. The van der Waals surface area contributed by atoms with Crippen molar-refractivity contribution in [1.29, 1.82) is 0 Å². The molecule has 0 saturated heterocycles. The second-order valence-electron chi connectivity index (χ2n) is 13.0. The van der Waals surface area contributed by atoms with Crippen LogP contribution < -0.4 is 41.4 Å². The minimum atomic E-state index is -4.89. The molecule has 0 spiro atoms. The van der Waals surface area contributed by atoms with Crippen molar-refractivity contribution in [3.05, 3.63) is 155 Å². The minimum Gasteiger partial charge on any atom is -0.457 e. The van der Waals surface area contributed by atoms with Crippen molar-refractivity contribution < 1.29 is 55.0 Å². The summed E-state index contributed by atoms with van der Waals surface area (Å²) < 4.78 is 93.4. The maximum Gasteiger partial charge on any atom is 0.418 e. The lowest BCUT2D eigenvalue weighted by Gasteiger charge is -2.16. The lowest BCUT2D eigenvalue weighted by Crippen LogP contribution is -2.25. The SMILES string of the molecule is CNC(=O)c1cc(Oc2ccc(NC(=O)Nc3ccc(CNC(=O)c4cc(Oc5ccc(NC(=O)Nc6ccc(Cl)c(C(F)(F)F)c6)cc5)ccn4)cc3C(F)(F)F)cc2)ccn1. The fraction of sp³-hybridized carbons (Fsp3) is 0.0952. The number of halogens is 7. The van der Waals surface area contributed by atoms with E-state index in [1.54, 1.807) is 0 Å². The number of rotatable bonds is 12. The Hall–Kier alpha value is -7.87. The molecule has 14 nitrogen and oxygen atoms in total. The van der Waals surface area contributed by atoms with Crippen molar-refractivity contribution in [3.8, 4) is 23.0 Å². The molecule has 21 heteroatoms. The monoisotopic (exact) mass is 892 g/mol.